The Morgan fingerprint density at radius 3 is 2.67 bits per heavy atom. The Balaban J connectivity index is 1.79. The van der Waals surface area contributed by atoms with Crippen LogP contribution in [0, 0.1) is 5.41 Å². The van der Waals surface area contributed by atoms with Gasteiger partial charge in [0.05, 0.1) is 13.0 Å². The summed E-state index contributed by atoms with van der Waals surface area (Å²) in [5.74, 6) is -0.610. The number of nitrogens with one attached hydrogen (secondary N) is 3. The van der Waals surface area contributed by atoms with Crippen LogP contribution in [0.5, 0.6) is 0 Å². The van der Waals surface area contributed by atoms with Gasteiger partial charge in [-0.1, -0.05) is 6.92 Å². The maximum absolute atomic E-state index is 12.5. The standard InChI is InChI=1S/C18H25N5O4/c1-2-11-27-15(24)7-9-21-18(26)22-14-8-10-23(17(14)25)13-5-3-12(4-6-13)16(19)20/h3-6,14H,2,7-11H2,1H3,(H3,19,20)(H2,21,22,26). The fraction of sp³-hybridized carbons (Fsp3) is 0.444. The van der Waals surface area contributed by atoms with Gasteiger partial charge in [-0.05, 0) is 37.1 Å². The lowest BCUT2D eigenvalue weighted by Crippen LogP contribution is -2.46. The topological polar surface area (TPSA) is 138 Å². The summed E-state index contributed by atoms with van der Waals surface area (Å²) < 4.78 is 4.92. The minimum atomic E-state index is -0.621. The molecule has 5 N–H and O–H groups in total. The van der Waals surface area contributed by atoms with E-state index in [1.807, 2.05) is 6.92 Å². The van der Waals surface area contributed by atoms with Gasteiger partial charge >= 0.3 is 12.0 Å². The van der Waals surface area contributed by atoms with Crippen LogP contribution in [0.25, 0.3) is 0 Å². The van der Waals surface area contributed by atoms with Gasteiger partial charge in [-0.3, -0.25) is 15.0 Å². The maximum atomic E-state index is 12.5. The minimum absolute atomic E-state index is 0.0379. The fourth-order valence-electron chi connectivity index (χ4n) is 2.67. The molecule has 27 heavy (non-hydrogen) atoms. The van der Waals surface area contributed by atoms with Crippen LogP contribution in [0.1, 0.15) is 31.7 Å². The molecule has 0 aromatic heterocycles. The molecule has 1 aromatic carbocycles. The number of nitrogens with zero attached hydrogens (tertiary/aromatic N) is 1. The molecule has 1 aliphatic heterocycles. The molecule has 3 amide bonds. The van der Waals surface area contributed by atoms with Crippen molar-refractivity contribution >= 4 is 29.4 Å². The lowest BCUT2D eigenvalue weighted by molar-refractivity contribution is -0.143. The number of esters is 1. The molecule has 1 heterocycles. The molecule has 1 aliphatic rings. The Morgan fingerprint density at radius 1 is 1.33 bits per heavy atom. The second kappa shape index (κ2) is 9.56. The quantitative estimate of drug-likeness (QED) is 0.301. The van der Waals surface area contributed by atoms with Crippen LogP contribution < -0.4 is 21.3 Å². The number of carbonyl (C=O) groups excluding carboxylic acids is 3. The second-order valence-corrected chi connectivity index (χ2v) is 6.16. The summed E-state index contributed by atoms with van der Waals surface area (Å²) in [5, 5.41) is 12.6. The second-order valence-electron chi connectivity index (χ2n) is 6.16. The van der Waals surface area contributed by atoms with Crippen LogP contribution in [0.15, 0.2) is 24.3 Å². The highest BCUT2D eigenvalue weighted by molar-refractivity contribution is 6.02. The van der Waals surface area contributed by atoms with Crippen molar-refractivity contribution in [3.63, 3.8) is 0 Å². The van der Waals surface area contributed by atoms with Crippen LogP contribution in [0.2, 0.25) is 0 Å². The molecule has 0 spiro atoms. The molecule has 0 bridgehead atoms. The molecule has 2 rings (SSSR count). The number of amidine groups is 1. The van der Waals surface area contributed by atoms with E-state index in [2.05, 4.69) is 10.6 Å². The Bertz CT molecular complexity index is 704. The molecule has 1 unspecified atom stereocenters. The van der Waals surface area contributed by atoms with E-state index in [0.29, 0.717) is 30.8 Å². The predicted octanol–water partition coefficient (Wildman–Crippen LogP) is 0.718. The average molecular weight is 375 g/mol. The first-order chi connectivity index (χ1) is 12.9. The van der Waals surface area contributed by atoms with Gasteiger partial charge in [0.15, 0.2) is 0 Å². The Labute approximate surface area is 157 Å². The van der Waals surface area contributed by atoms with Crippen molar-refractivity contribution in [2.45, 2.75) is 32.2 Å². The van der Waals surface area contributed by atoms with E-state index >= 15 is 0 Å². The van der Waals surface area contributed by atoms with E-state index in [1.165, 1.54) is 0 Å². The zero-order valence-electron chi connectivity index (χ0n) is 15.3. The molecule has 0 saturated carbocycles. The highest BCUT2D eigenvalue weighted by atomic mass is 16.5. The number of urea groups is 1. The fourth-order valence-corrected chi connectivity index (χ4v) is 2.67. The van der Waals surface area contributed by atoms with Gasteiger partial charge in [0.25, 0.3) is 0 Å². The summed E-state index contributed by atoms with van der Waals surface area (Å²) in [5.41, 5.74) is 6.69. The third kappa shape index (κ3) is 5.70. The lowest BCUT2D eigenvalue weighted by atomic mass is 10.2. The number of nitrogen functional groups attached to an aromatic ring is 1. The van der Waals surface area contributed by atoms with Gasteiger partial charge in [0.2, 0.25) is 5.91 Å². The van der Waals surface area contributed by atoms with Crippen molar-refractivity contribution in [2.75, 3.05) is 24.6 Å². The number of nitrogens with two attached hydrogens (primary N) is 1. The first-order valence-electron chi connectivity index (χ1n) is 8.88. The molecule has 1 atom stereocenters. The van der Waals surface area contributed by atoms with Crippen molar-refractivity contribution in [1.29, 1.82) is 5.41 Å². The van der Waals surface area contributed by atoms with Crippen molar-refractivity contribution in [3.05, 3.63) is 29.8 Å². The predicted molar refractivity (Wildman–Crippen MR) is 101 cm³/mol. The summed E-state index contributed by atoms with van der Waals surface area (Å²) in [4.78, 5) is 37.4. The van der Waals surface area contributed by atoms with Crippen LogP contribution >= 0.6 is 0 Å². The summed E-state index contributed by atoms with van der Waals surface area (Å²) in [6, 6.07) is 5.68. The van der Waals surface area contributed by atoms with E-state index < -0.39 is 12.1 Å². The molecule has 9 heteroatoms. The van der Waals surface area contributed by atoms with E-state index in [4.69, 9.17) is 15.9 Å². The number of benzene rings is 1. The summed E-state index contributed by atoms with van der Waals surface area (Å²) in [6.07, 6.45) is 1.32. The third-order valence-electron chi connectivity index (χ3n) is 4.08. The number of carbonyl (C=O) groups is 3. The van der Waals surface area contributed by atoms with Gasteiger partial charge in [-0.2, -0.15) is 0 Å². The molecule has 1 aromatic rings. The molecule has 0 aliphatic carbocycles. The average Bonchev–Trinajstić information content (AvgIpc) is 3.00. The number of hydrogen-bond acceptors (Lipinski definition) is 5. The number of amides is 3. The van der Waals surface area contributed by atoms with Gasteiger partial charge in [0.1, 0.15) is 11.9 Å². The smallest absolute Gasteiger partial charge is 0.315 e. The molecule has 1 fully saturated rings. The third-order valence-corrected chi connectivity index (χ3v) is 4.08. The van der Waals surface area contributed by atoms with Crippen LogP contribution in [-0.2, 0) is 14.3 Å². The first-order valence-corrected chi connectivity index (χ1v) is 8.88. The Hall–Kier alpha value is -3.10. The van der Waals surface area contributed by atoms with Gasteiger partial charge in [-0.25, -0.2) is 4.79 Å². The maximum Gasteiger partial charge on any atom is 0.315 e. The van der Waals surface area contributed by atoms with E-state index in [0.717, 1.165) is 6.42 Å². The molecule has 9 nitrogen and oxygen atoms in total. The first kappa shape index (κ1) is 20.2. The normalized spacial score (nSPS) is 16.1. The van der Waals surface area contributed by atoms with Crippen molar-refractivity contribution < 1.29 is 19.1 Å². The Morgan fingerprint density at radius 2 is 2.04 bits per heavy atom. The lowest BCUT2D eigenvalue weighted by Gasteiger charge is -2.17. The molecule has 0 radical (unpaired) electrons. The monoisotopic (exact) mass is 375 g/mol. The zero-order valence-corrected chi connectivity index (χ0v) is 15.3. The van der Waals surface area contributed by atoms with Gasteiger partial charge in [0, 0.05) is 24.3 Å². The number of hydrogen-bond donors (Lipinski definition) is 4. The minimum Gasteiger partial charge on any atom is -0.466 e. The van der Waals surface area contributed by atoms with Crippen molar-refractivity contribution in [2.24, 2.45) is 5.73 Å². The highest BCUT2D eigenvalue weighted by Crippen LogP contribution is 2.22. The highest BCUT2D eigenvalue weighted by Gasteiger charge is 2.33. The van der Waals surface area contributed by atoms with E-state index in [1.54, 1.807) is 29.2 Å². The molecule has 146 valence electrons. The largest absolute Gasteiger partial charge is 0.466 e. The van der Waals surface area contributed by atoms with Gasteiger partial charge in [-0.15, -0.1) is 0 Å². The van der Waals surface area contributed by atoms with Crippen LogP contribution in [-0.4, -0.2) is 49.5 Å². The van der Waals surface area contributed by atoms with Crippen molar-refractivity contribution in [1.82, 2.24) is 10.6 Å². The van der Waals surface area contributed by atoms with Crippen LogP contribution in [0.4, 0.5) is 10.5 Å². The van der Waals surface area contributed by atoms with Gasteiger partial charge < -0.3 is 26.0 Å². The van der Waals surface area contributed by atoms with Crippen LogP contribution in [0.3, 0.4) is 0 Å². The number of ether oxygens (including phenoxy) is 1. The zero-order chi connectivity index (χ0) is 19.8. The van der Waals surface area contributed by atoms with E-state index in [9.17, 15) is 14.4 Å². The summed E-state index contributed by atoms with van der Waals surface area (Å²) in [7, 11) is 0. The SMILES string of the molecule is CCCOC(=O)CCNC(=O)NC1CCN(c2ccc(C(=N)N)cc2)C1=O. The number of anilines is 1. The molecule has 1 saturated heterocycles. The number of rotatable bonds is 8. The van der Waals surface area contributed by atoms with Crippen molar-refractivity contribution in [3.8, 4) is 0 Å². The summed E-state index contributed by atoms with van der Waals surface area (Å²) >= 11 is 0. The Kier molecular flexibility index (Phi) is 7.16. The molecular formula is C18H25N5O4. The molecular weight excluding hydrogens is 350 g/mol. The van der Waals surface area contributed by atoms with E-state index in [-0.39, 0.29) is 30.7 Å². The summed E-state index contributed by atoms with van der Waals surface area (Å²) in [6.45, 7) is 2.89.